The molecule has 0 fully saturated rings. The number of nitrogens with one attached hydrogen (secondary N) is 1. The van der Waals surface area contributed by atoms with Crippen LogP contribution < -0.4 is 5.32 Å². The van der Waals surface area contributed by atoms with Crippen LogP contribution in [0.5, 0.6) is 0 Å². The fourth-order valence-corrected chi connectivity index (χ4v) is 2.55. The smallest absolute Gasteiger partial charge is 0.0758 e. The van der Waals surface area contributed by atoms with Crippen LogP contribution >= 0.6 is 15.9 Å². The number of hydrogen-bond acceptors (Lipinski definition) is 3. The molecular weight excluding hydrogens is 292 g/mol. The van der Waals surface area contributed by atoms with E-state index in [9.17, 15) is 0 Å². The highest BCUT2D eigenvalue weighted by molar-refractivity contribution is 9.10. The second-order valence-corrected chi connectivity index (χ2v) is 5.27. The summed E-state index contributed by atoms with van der Waals surface area (Å²) in [4.78, 5) is 4.06. The molecule has 96 valence electrons. The number of rotatable bonds is 4. The fourth-order valence-electron chi connectivity index (χ4n) is 2.05. The number of hydrogen-bond donors (Lipinski definition) is 1. The summed E-state index contributed by atoms with van der Waals surface area (Å²) >= 11 is 3.59. The van der Waals surface area contributed by atoms with Crippen LogP contribution in [-0.4, -0.2) is 21.8 Å². The highest BCUT2D eigenvalue weighted by Gasteiger charge is 2.21. The fraction of sp³-hybridized carbons (Fsp3) is 0.385. The molecule has 1 unspecified atom stereocenters. The number of aromatic nitrogens is 3. The van der Waals surface area contributed by atoms with E-state index in [4.69, 9.17) is 0 Å². The summed E-state index contributed by atoms with van der Waals surface area (Å²) in [5.41, 5.74) is 2.31. The summed E-state index contributed by atoms with van der Waals surface area (Å²) in [6, 6.07) is 4.47. The molecule has 0 bridgehead atoms. The maximum atomic E-state index is 4.42. The molecule has 0 saturated carbocycles. The third-order valence-corrected chi connectivity index (χ3v) is 3.49. The maximum Gasteiger partial charge on any atom is 0.0758 e. The summed E-state index contributed by atoms with van der Waals surface area (Å²) in [7, 11) is 1.95. The van der Waals surface area contributed by atoms with Gasteiger partial charge >= 0.3 is 0 Å². The lowest BCUT2D eigenvalue weighted by Crippen LogP contribution is -2.22. The lowest BCUT2D eigenvalue weighted by Gasteiger charge is -2.20. The Morgan fingerprint density at radius 3 is 2.50 bits per heavy atom. The molecule has 2 rings (SSSR count). The van der Waals surface area contributed by atoms with Gasteiger partial charge in [-0.2, -0.15) is 5.10 Å². The van der Waals surface area contributed by atoms with Crippen molar-refractivity contribution in [2.75, 3.05) is 7.05 Å². The van der Waals surface area contributed by atoms with Crippen LogP contribution in [0.4, 0.5) is 0 Å². The minimum Gasteiger partial charge on any atom is -0.308 e. The zero-order valence-corrected chi connectivity index (χ0v) is 12.3. The van der Waals surface area contributed by atoms with Crippen LogP contribution in [0.3, 0.4) is 0 Å². The predicted molar refractivity (Wildman–Crippen MR) is 75.5 cm³/mol. The molecule has 2 aromatic rings. The molecule has 1 N–H and O–H groups in total. The van der Waals surface area contributed by atoms with Crippen LogP contribution in [0.2, 0.25) is 0 Å². The van der Waals surface area contributed by atoms with Crippen molar-refractivity contribution in [2.45, 2.75) is 25.9 Å². The van der Waals surface area contributed by atoms with Crippen molar-refractivity contribution in [3.8, 4) is 0 Å². The highest BCUT2D eigenvalue weighted by Crippen LogP contribution is 2.29. The zero-order chi connectivity index (χ0) is 13.1. The van der Waals surface area contributed by atoms with Crippen LogP contribution in [0.25, 0.3) is 0 Å². The number of nitrogens with zero attached hydrogens (tertiary/aromatic N) is 3. The second-order valence-electron chi connectivity index (χ2n) is 4.42. The molecule has 2 heterocycles. The quantitative estimate of drug-likeness (QED) is 0.944. The van der Waals surface area contributed by atoms with Gasteiger partial charge in [0.05, 0.1) is 22.4 Å². The van der Waals surface area contributed by atoms with Crippen molar-refractivity contribution >= 4 is 15.9 Å². The molecule has 2 aromatic heterocycles. The Morgan fingerprint density at radius 2 is 1.94 bits per heavy atom. The third kappa shape index (κ3) is 2.47. The summed E-state index contributed by atoms with van der Waals surface area (Å²) < 4.78 is 3.05. The monoisotopic (exact) mass is 308 g/mol. The van der Waals surface area contributed by atoms with Crippen LogP contribution in [0.1, 0.15) is 37.2 Å². The van der Waals surface area contributed by atoms with Gasteiger partial charge in [0, 0.05) is 18.4 Å². The minimum absolute atomic E-state index is 0.104. The first-order valence-electron chi connectivity index (χ1n) is 5.95. The van der Waals surface area contributed by atoms with E-state index in [1.165, 1.54) is 5.56 Å². The van der Waals surface area contributed by atoms with Crippen molar-refractivity contribution < 1.29 is 0 Å². The lowest BCUT2D eigenvalue weighted by atomic mass is 10.1. The normalized spacial score (nSPS) is 12.9. The van der Waals surface area contributed by atoms with Crippen molar-refractivity contribution in [3.05, 3.63) is 46.5 Å². The van der Waals surface area contributed by atoms with E-state index in [0.29, 0.717) is 6.04 Å². The van der Waals surface area contributed by atoms with Gasteiger partial charge in [0.25, 0.3) is 0 Å². The summed E-state index contributed by atoms with van der Waals surface area (Å²) in [6.07, 6.45) is 5.47. The van der Waals surface area contributed by atoms with E-state index in [1.807, 2.05) is 42.5 Å². The van der Waals surface area contributed by atoms with Gasteiger partial charge in [0.2, 0.25) is 0 Å². The van der Waals surface area contributed by atoms with E-state index in [1.54, 1.807) is 0 Å². The average Bonchev–Trinajstić information content (AvgIpc) is 2.74. The van der Waals surface area contributed by atoms with Gasteiger partial charge in [-0.15, -0.1) is 0 Å². The zero-order valence-electron chi connectivity index (χ0n) is 10.8. The van der Waals surface area contributed by atoms with Crippen molar-refractivity contribution in [3.63, 3.8) is 0 Å². The predicted octanol–water partition coefficient (Wildman–Crippen LogP) is 2.93. The van der Waals surface area contributed by atoms with Gasteiger partial charge in [-0.3, -0.25) is 9.67 Å². The minimum atomic E-state index is 0.104. The third-order valence-electron chi connectivity index (χ3n) is 2.88. The van der Waals surface area contributed by atoms with E-state index in [0.717, 1.165) is 10.2 Å². The molecule has 0 aliphatic rings. The van der Waals surface area contributed by atoms with Crippen LogP contribution in [0, 0.1) is 0 Å². The van der Waals surface area contributed by atoms with Gasteiger partial charge in [0.1, 0.15) is 0 Å². The first-order valence-corrected chi connectivity index (χ1v) is 6.74. The first-order chi connectivity index (χ1) is 8.65. The summed E-state index contributed by atoms with van der Waals surface area (Å²) in [6.45, 7) is 4.25. The Hall–Kier alpha value is -1.20. The van der Waals surface area contributed by atoms with Gasteiger partial charge in [-0.25, -0.2) is 0 Å². The van der Waals surface area contributed by atoms with E-state index >= 15 is 0 Å². The van der Waals surface area contributed by atoms with Gasteiger partial charge in [-0.1, -0.05) is 0 Å². The summed E-state index contributed by atoms with van der Waals surface area (Å²) in [5.74, 6) is 0. The Balaban J connectivity index is 2.48. The molecule has 0 aliphatic carbocycles. The molecule has 0 radical (unpaired) electrons. The Labute approximate surface area is 116 Å². The first kappa shape index (κ1) is 13.2. The SMILES string of the molecule is CNC(c1ccncc1)c1c(Br)cnn1C(C)C. The molecule has 0 saturated heterocycles. The largest absolute Gasteiger partial charge is 0.308 e. The average molecular weight is 309 g/mol. The molecule has 18 heavy (non-hydrogen) atoms. The van der Waals surface area contributed by atoms with Gasteiger partial charge in [0.15, 0.2) is 0 Å². The second kappa shape index (κ2) is 5.63. The molecule has 0 spiro atoms. The molecular formula is C13H17BrN4. The number of pyridine rings is 1. The molecule has 0 amide bonds. The molecule has 0 aromatic carbocycles. The molecule has 1 atom stereocenters. The maximum absolute atomic E-state index is 4.42. The molecule has 5 heteroatoms. The van der Waals surface area contributed by atoms with Crippen molar-refractivity contribution in [1.82, 2.24) is 20.1 Å². The topological polar surface area (TPSA) is 42.7 Å². The molecule has 4 nitrogen and oxygen atoms in total. The number of halogens is 1. The van der Waals surface area contributed by atoms with E-state index in [2.05, 4.69) is 45.2 Å². The molecule has 0 aliphatic heterocycles. The van der Waals surface area contributed by atoms with Crippen LogP contribution in [0.15, 0.2) is 35.2 Å². The van der Waals surface area contributed by atoms with E-state index in [-0.39, 0.29) is 6.04 Å². The summed E-state index contributed by atoms with van der Waals surface area (Å²) in [5, 5.41) is 7.76. The Morgan fingerprint density at radius 1 is 1.28 bits per heavy atom. The Bertz CT molecular complexity index is 507. The Kier molecular flexibility index (Phi) is 4.14. The highest BCUT2D eigenvalue weighted by atomic mass is 79.9. The van der Waals surface area contributed by atoms with E-state index < -0.39 is 0 Å². The lowest BCUT2D eigenvalue weighted by molar-refractivity contribution is 0.483. The van der Waals surface area contributed by atoms with Crippen LogP contribution in [-0.2, 0) is 0 Å². The van der Waals surface area contributed by atoms with Gasteiger partial charge in [-0.05, 0) is 54.5 Å². The van der Waals surface area contributed by atoms with Gasteiger partial charge < -0.3 is 5.32 Å². The standard InChI is InChI=1S/C13H17BrN4/c1-9(2)18-13(11(14)8-17-18)12(15-3)10-4-6-16-7-5-10/h4-9,12,15H,1-3H3. The van der Waals surface area contributed by atoms with Crippen molar-refractivity contribution in [1.29, 1.82) is 0 Å². The van der Waals surface area contributed by atoms with Crippen molar-refractivity contribution in [2.24, 2.45) is 0 Å².